The normalized spacial score (nSPS) is 12.2. The van der Waals surface area contributed by atoms with E-state index in [4.69, 9.17) is 11.5 Å². The van der Waals surface area contributed by atoms with Crippen molar-refractivity contribution in [2.24, 2.45) is 11.5 Å². The third-order valence-electron chi connectivity index (χ3n) is 2.26. The Kier molecular flexibility index (Phi) is 9.60. The molecule has 6 N–H and O–H groups in total. The van der Waals surface area contributed by atoms with E-state index in [9.17, 15) is 9.59 Å². The van der Waals surface area contributed by atoms with Gasteiger partial charge in [0.25, 0.3) is 0 Å². The van der Waals surface area contributed by atoms with Gasteiger partial charge in [-0.2, -0.15) is 0 Å². The molecular formula is C11H24N4O2. The average Bonchev–Trinajstić information content (AvgIpc) is 2.29. The number of amides is 1. The molecule has 0 aliphatic rings. The largest absolute Gasteiger partial charge is 0.355 e. The smallest absolute Gasteiger partial charge is 0.222 e. The number of nitrogens with two attached hydrogens (primary N) is 2. The topological polar surface area (TPSA) is 110 Å². The highest BCUT2D eigenvalue weighted by Crippen LogP contribution is 1.97. The van der Waals surface area contributed by atoms with Crippen molar-refractivity contribution in [3.8, 4) is 0 Å². The van der Waals surface area contributed by atoms with Gasteiger partial charge in [0.2, 0.25) is 5.91 Å². The van der Waals surface area contributed by atoms with Crippen molar-refractivity contribution in [2.45, 2.75) is 32.2 Å². The van der Waals surface area contributed by atoms with Crippen molar-refractivity contribution in [2.75, 3.05) is 26.2 Å². The van der Waals surface area contributed by atoms with Crippen molar-refractivity contribution in [1.29, 1.82) is 0 Å². The number of hydrogen-bond acceptors (Lipinski definition) is 5. The molecule has 0 saturated heterocycles. The van der Waals surface area contributed by atoms with E-state index in [0.717, 1.165) is 13.0 Å². The summed E-state index contributed by atoms with van der Waals surface area (Å²) in [5.41, 5.74) is 10.9. The summed E-state index contributed by atoms with van der Waals surface area (Å²) in [5.74, 6) is -0.236. The highest BCUT2D eigenvalue weighted by molar-refractivity contribution is 5.89. The van der Waals surface area contributed by atoms with Crippen LogP contribution in [0.15, 0.2) is 0 Å². The average molecular weight is 244 g/mol. The molecule has 0 aromatic rings. The molecule has 6 nitrogen and oxygen atoms in total. The molecule has 0 aromatic heterocycles. The second-order valence-corrected chi connectivity index (χ2v) is 3.92. The van der Waals surface area contributed by atoms with Gasteiger partial charge < -0.3 is 22.1 Å². The lowest BCUT2D eigenvalue weighted by Gasteiger charge is -2.10. The van der Waals surface area contributed by atoms with Gasteiger partial charge in [-0.25, -0.2) is 0 Å². The van der Waals surface area contributed by atoms with Gasteiger partial charge in [-0.3, -0.25) is 9.59 Å². The Morgan fingerprint density at radius 3 is 2.53 bits per heavy atom. The van der Waals surface area contributed by atoms with Gasteiger partial charge in [0.05, 0.1) is 6.04 Å². The summed E-state index contributed by atoms with van der Waals surface area (Å²) in [7, 11) is 0. The van der Waals surface area contributed by atoms with Crippen LogP contribution in [0.25, 0.3) is 0 Å². The molecule has 0 aliphatic carbocycles. The minimum Gasteiger partial charge on any atom is -0.355 e. The summed E-state index contributed by atoms with van der Waals surface area (Å²) in [6.45, 7) is 4.40. The first-order valence-electron chi connectivity index (χ1n) is 6.07. The van der Waals surface area contributed by atoms with Crippen LogP contribution in [-0.4, -0.2) is 43.9 Å². The molecule has 0 aliphatic heterocycles. The van der Waals surface area contributed by atoms with Crippen molar-refractivity contribution in [1.82, 2.24) is 10.6 Å². The maximum absolute atomic E-state index is 11.4. The third-order valence-corrected chi connectivity index (χ3v) is 2.26. The monoisotopic (exact) mass is 244 g/mol. The molecule has 17 heavy (non-hydrogen) atoms. The highest BCUT2D eigenvalue weighted by Gasteiger charge is 2.15. The molecule has 0 bridgehead atoms. The summed E-state index contributed by atoms with van der Waals surface area (Å²) in [6, 6.07) is -0.674. The van der Waals surface area contributed by atoms with Crippen molar-refractivity contribution in [3.63, 3.8) is 0 Å². The number of hydrogen-bond donors (Lipinski definition) is 4. The van der Waals surface area contributed by atoms with Crippen LogP contribution in [-0.2, 0) is 9.59 Å². The fourth-order valence-corrected chi connectivity index (χ4v) is 1.33. The van der Waals surface area contributed by atoms with Crippen LogP contribution in [0.1, 0.15) is 26.2 Å². The number of ketones is 1. The standard InChI is InChI=1S/C11H24N4O2/c1-2-3-10(16)9(13)8-11(17)15-7-6-14-5-4-12/h9,14H,2-8,12-13H2,1H3,(H,15,17). The van der Waals surface area contributed by atoms with Crippen LogP contribution in [0.2, 0.25) is 0 Å². The van der Waals surface area contributed by atoms with E-state index in [1.165, 1.54) is 0 Å². The second kappa shape index (κ2) is 10.2. The lowest BCUT2D eigenvalue weighted by molar-refractivity contribution is -0.126. The van der Waals surface area contributed by atoms with Crippen molar-refractivity contribution >= 4 is 11.7 Å². The molecule has 0 heterocycles. The zero-order valence-corrected chi connectivity index (χ0v) is 10.5. The highest BCUT2D eigenvalue weighted by atomic mass is 16.2. The maximum Gasteiger partial charge on any atom is 0.222 e. The molecule has 1 unspecified atom stereocenters. The van der Waals surface area contributed by atoms with Crippen LogP contribution in [0.3, 0.4) is 0 Å². The van der Waals surface area contributed by atoms with Gasteiger partial charge in [0.1, 0.15) is 5.78 Å². The van der Waals surface area contributed by atoms with Crippen LogP contribution in [0.5, 0.6) is 0 Å². The molecule has 0 spiro atoms. The van der Waals surface area contributed by atoms with Gasteiger partial charge in [0, 0.05) is 39.0 Å². The predicted octanol–water partition coefficient (Wildman–Crippen LogP) is -1.26. The fraction of sp³-hybridized carbons (Fsp3) is 0.818. The van der Waals surface area contributed by atoms with Crippen molar-refractivity contribution < 1.29 is 9.59 Å². The predicted molar refractivity (Wildman–Crippen MR) is 67.4 cm³/mol. The minimum atomic E-state index is -0.674. The molecule has 6 heteroatoms. The zero-order valence-electron chi connectivity index (χ0n) is 10.5. The minimum absolute atomic E-state index is 0.0519. The van der Waals surface area contributed by atoms with E-state index in [-0.39, 0.29) is 18.1 Å². The molecule has 1 amide bonds. The SMILES string of the molecule is CCCC(=O)C(N)CC(=O)NCCNCCN. The molecule has 0 aromatic carbocycles. The van der Waals surface area contributed by atoms with Crippen LogP contribution in [0.4, 0.5) is 0 Å². The zero-order chi connectivity index (χ0) is 13.1. The van der Waals surface area contributed by atoms with E-state index in [0.29, 0.717) is 26.1 Å². The van der Waals surface area contributed by atoms with Gasteiger partial charge in [-0.05, 0) is 6.42 Å². The Bertz CT molecular complexity index is 234. The number of carbonyl (C=O) groups excluding carboxylic acids is 2. The summed E-state index contributed by atoms with van der Waals surface area (Å²) < 4.78 is 0. The van der Waals surface area contributed by atoms with Gasteiger partial charge >= 0.3 is 0 Å². The quantitative estimate of drug-likeness (QED) is 0.358. The maximum atomic E-state index is 11.4. The van der Waals surface area contributed by atoms with Gasteiger partial charge in [-0.15, -0.1) is 0 Å². The van der Waals surface area contributed by atoms with E-state index >= 15 is 0 Å². The third kappa shape index (κ3) is 8.79. The first-order valence-corrected chi connectivity index (χ1v) is 6.07. The number of rotatable bonds is 10. The lowest BCUT2D eigenvalue weighted by atomic mass is 10.1. The first kappa shape index (κ1) is 16.0. The summed E-state index contributed by atoms with van der Waals surface area (Å²) in [6.07, 6.45) is 1.26. The molecule has 0 saturated carbocycles. The van der Waals surface area contributed by atoms with Gasteiger partial charge in [0.15, 0.2) is 0 Å². The Hall–Kier alpha value is -0.980. The van der Waals surface area contributed by atoms with Crippen LogP contribution in [0, 0.1) is 0 Å². The Morgan fingerprint density at radius 1 is 1.24 bits per heavy atom. The Morgan fingerprint density at radius 2 is 1.94 bits per heavy atom. The molecule has 0 rings (SSSR count). The van der Waals surface area contributed by atoms with E-state index in [1.54, 1.807) is 0 Å². The molecule has 0 radical (unpaired) electrons. The van der Waals surface area contributed by atoms with Crippen molar-refractivity contribution in [3.05, 3.63) is 0 Å². The first-order chi connectivity index (χ1) is 8.11. The van der Waals surface area contributed by atoms with Gasteiger partial charge in [-0.1, -0.05) is 6.92 Å². The fourth-order valence-electron chi connectivity index (χ4n) is 1.33. The second-order valence-electron chi connectivity index (χ2n) is 3.92. The van der Waals surface area contributed by atoms with Crippen LogP contribution >= 0.6 is 0 Å². The lowest BCUT2D eigenvalue weighted by Crippen LogP contribution is -2.39. The van der Waals surface area contributed by atoms with Crippen LogP contribution < -0.4 is 22.1 Å². The summed E-state index contributed by atoms with van der Waals surface area (Å²) >= 11 is 0. The van der Waals surface area contributed by atoms with E-state index in [1.807, 2.05) is 6.92 Å². The number of Topliss-reactive ketones (excluding diaryl/α,β-unsaturated/α-hetero) is 1. The molecule has 100 valence electrons. The Balaban J connectivity index is 3.60. The molecular weight excluding hydrogens is 220 g/mol. The number of nitrogens with one attached hydrogen (secondary N) is 2. The van der Waals surface area contributed by atoms with E-state index < -0.39 is 6.04 Å². The Labute approximate surface area is 102 Å². The molecule has 0 fully saturated rings. The van der Waals surface area contributed by atoms with E-state index in [2.05, 4.69) is 10.6 Å². The molecule has 1 atom stereocenters. The number of carbonyl (C=O) groups is 2. The summed E-state index contributed by atoms with van der Waals surface area (Å²) in [5, 5.41) is 5.74. The summed E-state index contributed by atoms with van der Waals surface area (Å²) in [4.78, 5) is 22.8.